The van der Waals surface area contributed by atoms with Gasteiger partial charge in [-0.25, -0.2) is 19.2 Å². The molecule has 4 aromatic rings. The van der Waals surface area contributed by atoms with E-state index in [4.69, 9.17) is 25.9 Å². The number of nitrogens with one attached hydrogen (secondary N) is 1. The van der Waals surface area contributed by atoms with Crippen LogP contribution in [0.5, 0.6) is 0 Å². The number of hydrogen-bond donors (Lipinski definition) is 2. The molecule has 0 spiro atoms. The monoisotopic (exact) mass is 491 g/mol. The van der Waals surface area contributed by atoms with E-state index < -0.39 is 11.3 Å². The Labute approximate surface area is 204 Å². The zero-order chi connectivity index (χ0) is 24.4. The molecule has 0 radical (unpaired) electrons. The summed E-state index contributed by atoms with van der Waals surface area (Å²) in [4.78, 5) is 19.8. The van der Waals surface area contributed by atoms with E-state index in [9.17, 15) is 9.18 Å². The standard InChI is InChI=1S/C26H19ClFN3O4/c27-20-12-18(5-7-23(20)34-13-15-2-1-3-17(28)10-15)31-25-19-11-16(4-6-21(19)29-14-30-25)22-8-9-24(35-22)26(32)33/h1-12,14,20,23H,13H2,(H,32,33)(H,29,30,31). The van der Waals surface area contributed by atoms with Gasteiger partial charge in [-0.05, 0) is 60.2 Å². The summed E-state index contributed by atoms with van der Waals surface area (Å²) in [6.07, 6.45) is 6.59. The third-order valence-electron chi connectivity index (χ3n) is 5.45. The third kappa shape index (κ3) is 5.08. The van der Waals surface area contributed by atoms with E-state index in [1.807, 2.05) is 30.4 Å². The van der Waals surface area contributed by atoms with Gasteiger partial charge in [0.25, 0.3) is 0 Å². The van der Waals surface area contributed by atoms with Crippen LogP contribution in [0.2, 0.25) is 0 Å². The van der Waals surface area contributed by atoms with Crippen molar-refractivity contribution in [3.63, 3.8) is 0 Å². The molecule has 1 aliphatic carbocycles. The van der Waals surface area contributed by atoms with Gasteiger partial charge >= 0.3 is 5.97 Å². The van der Waals surface area contributed by atoms with Gasteiger partial charge < -0.3 is 19.6 Å². The molecule has 0 bridgehead atoms. The van der Waals surface area contributed by atoms with Crippen LogP contribution in [0.3, 0.4) is 0 Å². The van der Waals surface area contributed by atoms with Crippen LogP contribution in [0.4, 0.5) is 10.2 Å². The molecule has 1 aliphatic rings. The molecule has 2 N–H and O–H groups in total. The van der Waals surface area contributed by atoms with Crippen LogP contribution in [-0.2, 0) is 11.3 Å². The zero-order valence-electron chi connectivity index (χ0n) is 18.2. The van der Waals surface area contributed by atoms with E-state index in [0.717, 1.165) is 16.6 Å². The molecule has 2 aromatic carbocycles. The molecule has 0 fully saturated rings. The second-order valence-corrected chi connectivity index (χ2v) is 8.38. The molecule has 9 heteroatoms. The number of rotatable bonds is 7. The van der Waals surface area contributed by atoms with Crippen molar-refractivity contribution in [3.8, 4) is 11.3 Å². The third-order valence-corrected chi connectivity index (χ3v) is 5.82. The van der Waals surface area contributed by atoms with Crippen molar-refractivity contribution < 1.29 is 23.4 Å². The topological polar surface area (TPSA) is 97.5 Å². The largest absolute Gasteiger partial charge is 0.475 e. The molecule has 0 saturated heterocycles. The Morgan fingerprint density at radius 2 is 2.06 bits per heavy atom. The second kappa shape index (κ2) is 9.69. The van der Waals surface area contributed by atoms with Crippen LogP contribution in [0.15, 0.2) is 89.3 Å². The predicted octanol–water partition coefficient (Wildman–Crippen LogP) is 5.79. The van der Waals surface area contributed by atoms with E-state index in [-0.39, 0.29) is 24.3 Å². The van der Waals surface area contributed by atoms with E-state index >= 15 is 0 Å². The number of aromatic carboxylic acids is 1. The Morgan fingerprint density at radius 3 is 2.83 bits per heavy atom. The minimum absolute atomic E-state index is 0.136. The first-order valence-corrected chi connectivity index (χ1v) is 11.2. The van der Waals surface area contributed by atoms with Gasteiger partial charge in [-0.1, -0.05) is 18.2 Å². The normalized spacial score (nSPS) is 17.4. The molecule has 2 unspecified atom stereocenters. The molecule has 7 nitrogen and oxygen atoms in total. The maximum absolute atomic E-state index is 13.4. The number of aromatic nitrogens is 2. The first kappa shape index (κ1) is 22.8. The van der Waals surface area contributed by atoms with Gasteiger partial charge in [0.15, 0.2) is 0 Å². The molecular weight excluding hydrogens is 473 g/mol. The van der Waals surface area contributed by atoms with Gasteiger partial charge in [-0.3, -0.25) is 0 Å². The Hall–Kier alpha value is -4.01. The first-order chi connectivity index (χ1) is 17.0. The lowest BCUT2D eigenvalue weighted by molar-refractivity contribution is 0.0663. The number of halogens is 2. The highest BCUT2D eigenvalue weighted by atomic mass is 35.5. The molecule has 2 heterocycles. The highest BCUT2D eigenvalue weighted by molar-refractivity contribution is 6.22. The van der Waals surface area contributed by atoms with Gasteiger partial charge in [0.05, 0.1) is 23.6 Å². The second-order valence-electron chi connectivity index (χ2n) is 7.88. The number of allylic oxidation sites excluding steroid dienone is 1. The Balaban J connectivity index is 1.33. The number of anilines is 1. The summed E-state index contributed by atoms with van der Waals surface area (Å²) in [5.74, 6) is -0.598. The van der Waals surface area contributed by atoms with Crippen molar-refractivity contribution in [1.29, 1.82) is 0 Å². The number of ether oxygens (including phenoxy) is 1. The number of carbonyl (C=O) groups is 1. The van der Waals surface area contributed by atoms with Crippen LogP contribution in [0.25, 0.3) is 22.2 Å². The van der Waals surface area contributed by atoms with Crippen molar-refractivity contribution >= 4 is 34.3 Å². The quantitative estimate of drug-likeness (QED) is 0.316. The number of hydrogen-bond acceptors (Lipinski definition) is 6. The average Bonchev–Trinajstić information content (AvgIpc) is 3.35. The predicted molar refractivity (Wildman–Crippen MR) is 130 cm³/mol. The maximum Gasteiger partial charge on any atom is 0.371 e. The lowest BCUT2D eigenvalue weighted by Gasteiger charge is -2.22. The maximum atomic E-state index is 13.4. The molecule has 176 valence electrons. The number of benzene rings is 2. The van der Waals surface area contributed by atoms with Crippen LogP contribution in [0.1, 0.15) is 16.1 Å². The highest BCUT2D eigenvalue weighted by Gasteiger charge is 2.20. The summed E-state index contributed by atoms with van der Waals surface area (Å²) in [6.45, 7) is 0.238. The summed E-state index contributed by atoms with van der Waals surface area (Å²) in [5.41, 5.74) is 2.85. The van der Waals surface area contributed by atoms with Gasteiger partial charge in [-0.15, -0.1) is 11.6 Å². The number of alkyl halides is 1. The van der Waals surface area contributed by atoms with Crippen LogP contribution in [0, 0.1) is 5.82 Å². The first-order valence-electron chi connectivity index (χ1n) is 10.7. The summed E-state index contributed by atoms with van der Waals surface area (Å²) in [7, 11) is 0. The number of carboxylic acid groups (broad SMARTS) is 1. The van der Waals surface area contributed by atoms with Crippen molar-refractivity contribution in [2.45, 2.75) is 18.1 Å². The number of nitrogens with zero attached hydrogens (tertiary/aromatic N) is 2. The van der Waals surface area contributed by atoms with Crippen molar-refractivity contribution in [1.82, 2.24) is 9.97 Å². The molecule has 0 amide bonds. The fraction of sp³-hybridized carbons (Fsp3) is 0.115. The van der Waals surface area contributed by atoms with E-state index in [2.05, 4.69) is 15.3 Å². The molecule has 35 heavy (non-hydrogen) atoms. The molecule has 0 aliphatic heterocycles. The smallest absolute Gasteiger partial charge is 0.371 e. The van der Waals surface area contributed by atoms with Crippen LogP contribution >= 0.6 is 11.6 Å². The minimum atomic E-state index is -1.13. The van der Waals surface area contributed by atoms with Crippen molar-refractivity contribution in [2.24, 2.45) is 0 Å². The minimum Gasteiger partial charge on any atom is -0.475 e. The van der Waals surface area contributed by atoms with Crippen molar-refractivity contribution in [3.05, 3.63) is 102 Å². The molecule has 2 atom stereocenters. The lowest BCUT2D eigenvalue weighted by Crippen LogP contribution is -2.24. The Bertz CT molecular complexity index is 1470. The summed E-state index contributed by atoms with van der Waals surface area (Å²) < 4.78 is 24.7. The molecule has 0 saturated carbocycles. The van der Waals surface area contributed by atoms with Gasteiger partial charge in [0, 0.05) is 16.6 Å². The molecule has 5 rings (SSSR count). The Morgan fingerprint density at radius 1 is 1.17 bits per heavy atom. The number of carboxylic acids is 1. The Kier molecular flexibility index (Phi) is 6.31. The molecular formula is C26H19ClFN3O4. The van der Waals surface area contributed by atoms with Crippen LogP contribution in [-0.4, -0.2) is 32.5 Å². The summed E-state index contributed by atoms with van der Waals surface area (Å²) in [5, 5.41) is 12.7. The zero-order valence-corrected chi connectivity index (χ0v) is 18.9. The van der Waals surface area contributed by atoms with E-state index in [1.165, 1.54) is 24.5 Å². The number of furan rings is 1. The highest BCUT2D eigenvalue weighted by Crippen LogP contribution is 2.30. The fourth-order valence-electron chi connectivity index (χ4n) is 3.73. The van der Waals surface area contributed by atoms with Gasteiger partial charge in [-0.2, -0.15) is 0 Å². The van der Waals surface area contributed by atoms with E-state index in [1.54, 1.807) is 24.3 Å². The fourth-order valence-corrected chi connectivity index (χ4v) is 4.02. The lowest BCUT2D eigenvalue weighted by atomic mass is 10.1. The van der Waals surface area contributed by atoms with Crippen LogP contribution < -0.4 is 5.32 Å². The SMILES string of the molecule is O=C(O)c1ccc(-c2ccc3ncnc(NC4=CC(Cl)C(OCc5cccc(F)c5)C=C4)c3c2)o1. The van der Waals surface area contributed by atoms with E-state index in [0.29, 0.717) is 22.7 Å². The summed E-state index contributed by atoms with van der Waals surface area (Å²) >= 11 is 6.53. The summed E-state index contributed by atoms with van der Waals surface area (Å²) in [6, 6.07) is 14.7. The van der Waals surface area contributed by atoms with Gasteiger partial charge in [0.1, 0.15) is 23.7 Å². The average molecular weight is 492 g/mol. The number of fused-ring (bicyclic) bond motifs is 1. The molecule has 2 aromatic heterocycles. The van der Waals surface area contributed by atoms with Crippen molar-refractivity contribution in [2.75, 3.05) is 5.32 Å². The van der Waals surface area contributed by atoms with Gasteiger partial charge in [0.2, 0.25) is 5.76 Å².